The number of aryl methyl sites for hydroxylation is 2. The fourth-order valence-electron chi connectivity index (χ4n) is 3.98. The van der Waals surface area contributed by atoms with Crippen molar-refractivity contribution in [1.29, 1.82) is 0 Å². The fraction of sp³-hybridized carbons (Fsp3) is 0.500. The molecule has 1 aromatic heterocycles. The van der Waals surface area contributed by atoms with Crippen molar-refractivity contribution < 1.29 is 9.18 Å². The van der Waals surface area contributed by atoms with E-state index in [9.17, 15) is 9.18 Å². The third kappa shape index (κ3) is 4.22. The second-order valence-corrected chi connectivity index (χ2v) is 8.24. The lowest BCUT2D eigenvalue weighted by Gasteiger charge is -2.36. The molecule has 1 aliphatic carbocycles. The Morgan fingerprint density at radius 1 is 1.17 bits per heavy atom. The number of amides is 1. The standard InChI is InChI=1S/C22H26ClFN4O/c1-3-20-17(13-16-18(23)5-4-6-19(16)24)21(26-14(2)25-20)27-9-11-28(12-10-27)22(29)15-7-8-15/h4-6,15H,3,7-13H2,1-2H3. The van der Waals surface area contributed by atoms with Crippen LogP contribution in [0.4, 0.5) is 10.2 Å². The van der Waals surface area contributed by atoms with E-state index in [0.717, 1.165) is 49.4 Å². The molecule has 0 N–H and O–H groups in total. The molecule has 7 heteroatoms. The third-order valence-electron chi connectivity index (χ3n) is 5.75. The quantitative estimate of drug-likeness (QED) is 0.744. The van der Waals surface area contributed by atoms with Gasteiger partial charge in [0, 0.05) is 60.4 Å². The van der Waals surface area contributed by atoms with E-state index in [-0.39, 0.29) is 17.6 Å². The number of aromatic nitrogens is 2. The maximum absolute atomic E-state index is 14.5. The van der Waals surface area contributed by atoms with Crippen LogP contribution in [0.1, 0.15) is 42.4 Å². The molecule has 2 aromatic rings. The number of carbonyl (C=O) groups excluding carboxylic acids is 1. The van der Waals surface area contributed by atoms with E-state index in [1.807, 2.05) is 18.7 Å². The molecule has 1 saturated heterocycles. The molecule has 0 spiro atoms. The highest BCUT2D eigenvalue weighted by Gasteiger charge is 2.35. The SMILES string of the molecule is CCc1nc(C)nc(N2CCN(C(=O)C3CC3)CC2)c1Cc1c(F)cccc1Cl. The Labute approximate surface area is 175 Å². The van der Waals surface area contributed by atoms with Gasteiger partial charge in [-0.2, -0.15) is 0 Å². The number of piperazine rings is 1. The molecular weight excluding hydrogens is 391 g/mol. The summed E-state index contributed by atoms with van der Waals surface area (Å²) in [4.78, 5) is 25.9. The molecular formula is C22H26ClFN4O. The highest BCUT2D eigenvalue weighted by atomic mass is 35.5. The first kappa shape index (κ1) is 20.1. The van der Waals surface area contributed by atoms with Crippen LogP contribution in [0.3, 0.4) is 0 Å². The van der Waals surface area contributed by atoms with Crippen molar-refractivity contribution in [2.24, 2.45) is 5.92 Å². The van der Waals surface area contributed by atoms with Gasteiger partial charge in [0.1, 0.15) is 17.5 Å². The van der Waals surface area contributed by atoms with Crippen molar-refractivity contribution in [3.05, 3.63) is 51.7 Å². The molecule has 0 atom stereocenters. The van der Waals surface area contributed by atoms with E-state index in [0.29, 0.717) is 35.9 Å². The Kier molecular flexibility index (Phi) is 5.72. The minimum atomic E-state index is -0.314. The maximum Gasteiger partial charge on any atom is 0.225 e. The molecule has 154 valence electrons. The Bertz CT molecular complexity index is 903. The molecule has 1 saturated carbocycles. The van der Waals surface area contributed by atoms with E-state index >= 15 is 0 Å². The van der Waals surface area contributed by atoms with Crippen LogP contribution < -0.4 is 4.90 Å². The number of hydrogen-bond donors (Lipinski definition) is 0. The molecule has 1 aromatic carbocycles. The fourth-order valence-corrected chi connectivity index (χ4v) is 4.21. The van der Waals surface area contributed by atoms with Crippen molar-refractivity contribution in [3.8, 4) is 0 Å². The zero-order valence-corrected chi connectivity index (χ0v) is 17.7. The number of nitrogens with zero attached hydrogens (tertiary/aromatic N) is 4. The predicted octanol–water partition coefficient (Wildman–Crippen LogP) is 3.79. The van der Waals surface area contributed by atoms with Crippen molar-refractivity contribution in [2.45, 2.75) is 39.5 Å². The number of benzene rings is 1. The number of anilines is 1. The van der Waals surface area contributed by atoms with Gasteiger partial charge in [0.15, 0.2) is 0 Å². The van der Waals surface area contributed by atoms with Gasteiger partial charge in [-0.15, -0.1) is 0 Å². The van der Waals surface area contributed by atoms with Gasteiger partial charge in [-0.05, 0) is 38.3 Å². The van der Waals surface area contributed by atoms with Crippen LogP contribution in [0.25, 0.3) is 0 Å². The van der Waals surface area contributed by atoms with Crippen LogP contribution in [0.5, 0.6) is 0 Å². The van der Waals surface area contributed by atoms with E-state index in [2.05, 4.69) is 9.88 Å². The summed E-state index contributed by atoms with van der Waals surface area (Å²) >= 11 is 6.30. The second-order valence-electron chi connectivity index (χ2n) is 7.84. The smallest absolute Gasteiger partial charge is 0.225 e. The molecule has 2 heterocycles. The first-order valence-electron chi connectivity index (χ1n) is 10.3. The van der Waals surface area contributed by atoms with Gasteiger partial charge < -0.3 is 9.80 Å². The number of hydrogen-bond acceptors (Lipinski definition) is 4. The first-order chi connectivity index (χ1) is 14.0. The summed E-state index contributed by atoms with van der Waals surface area (Å²) in [7, 11) is 0. The van der Waals surface area contributed by atoms with Gasteiger partial charge in [-0.1, -0.05) is 24.6 Å². The van der Waals surface area contributed by atoms with Crippen LogP contribution in [0.15, 0.2) is 18.2 Å². The Morgan fingerprint density at radius 2 is 1.90 bits per heavy atom. The molecule has 0 bridgehead atoms. The highest BCUT2D eigenvalue weighted by molar-refractivity contribution is 6.31. The number of halogens is 2. The Balaban J connectivity index is 1.63. The van der Waals surface area contributed by atoms with E-state index in [4.69, 9.17) is 16.6 Å². The molecule has 5 nitrogen and oxygen atoms in total. The molecule has 29 heavy (non-hydrogen) atoms. The summed E-state index contributed by atoms with van der Waals surface area (Å²) in [6, 6.07) is 4.76. The van der Waals surface area contributed by atoms with Gasteiger partial charge in [-0.25, -0.2) is 14.4 Å². The van der Waals surface area contributed by atoms with Gasteiger partial charge in [-0.3, -0.25) is 4.79 Å². The Hall–Kier alpha value is -2.21. The van der Waals surface area contributed by atoms with Crippen molar-refractivity contribution in [3.63, 3.8) is 0 Å². The lowest BCUT2D eigenvalue weighted by atomic mass is 10.0. The summed E-state index contributed by atoms with van der Waals surface area (Å²) in [6.07, 6.45) is 3.14. The minimum absolute atomic E-state index is 0.244. The lowest BCUT2D eigenvalue weighted by Crippen LogP contribution is -2.49. The topological polar surface area (TPSA) is 49.3 Å². The number of rotatable bonds is 5. The average molecular weight is 417 g/mol. The molecule has 4 rings (SSSR count). The van der Waals surface area contributed by atoms with E-state index in [1.54, 1.807) is 12.1 Å². The normalized spacial score (nSPS) is 17.0. The van der Waals surface area contributed by atoms with Crippen molar-refractivity contribution in [1.82, 2.24) is 14.9 Å². The van der Waals surface area contributed by atoms with Crippen LogP contribution in [0, 0.1) is 18.7 Å². The van der Waals surface area contributed by atoms with E-state index < -0.39 is 0 Å². The molecule has 1 aliphatic heterocycles. The molecule has 0 radical (unpaired) electrons. The average Bonchev–Trinajstić information content (AvgIpc) is 3.56. The number of carbonyl (C=O) groups is 1. The van der Waals surface area contributed by atoms with Crippen molar-refractivity contribution in [2.75, 3.05) is 31.1 Å². The zero-order chi connectivity index (χ0) is 20.5. The molecule has 2 fully saturated rings. The van der Waals surface area contributed by atoms with E-state index in [1.165, 1.54) is 6.07 Å². The molecule has 2 aliphatic rings. The van der Waals surface area contributed by atoms with Gasteiger partial charge in [0.2, 0.25) is 5.91 Å². The predicted molar refractivity (Wildman–Crippen MR) is 112 cm³/mol. The van der Waals surface area contributed by atoms with Gasteiger partial charge >= 0.3 is 0 Å². The van der Waals surface area contributed by atoms with Gasteiger partial charge in [0.05, 0.1) is 0 Å². The Morgan fingerprint density at radius 3 is 2.52 bits per heavy atom. The molecule has 0 unspecified atom stereocenters. The van der Waals surface area contributed by atoms with Crippen LogP contribution in [0.2, 0.25) is 5.02 Å². The van der Waals surface area contributed by atoms with Crippen LogP contribution in [-0.2, 0) is 17.6 Å². The van der Waals surface area contributed by atoms with Crippen molar-refractivity contribution >= 4 is 23.3 Å². The minimum Gasteiger partial charge on any atom is -0.353 e. The summed E-state index contributed by atoms with van der Waals surface area (Å²) < 4.78 is 14.5. The second kappa shape index (κ2) is 8.27. The summed E-state index contributed by atoms with van der Waals surface area (Å²) in [5, 5.41) is 0.415. The monoisotopic (exact) mass is 416 g/mol. The lowest BCUT2D eigenvalue weighted by molar-refractivity contribution is -0.132. The van der Waals surface area contributed by atoms with Crippen LogP contribution >= 0.6 is 11.6 Å². The van der Waals surface area contributed by atoms with Gasteiger partial charge in [0.25, 0.3) is 0 Å². The maximum atomic E-state index is 14.5. The first-order valence-corrected chi connectivity index (χ1v) is 10.7. The van der Waals surface area contributed by atoms with Crippen LogP contribution in [-0.4, -0.2) is 47.0 Å². The summed E-state index contributed by atoms with van der Waals surface area (Å²) in [5.41, 5.74) is 2.32. The highest BCUT2D eigenvalue weighted by Crippen LogP contribution is 2.32. The summed E-state index contributed by atoms with van der Waals surface area (Å²) in [5.74, 6) is 1.76. The largest absolute Gasteiger partial charge is 0.353 e. The zero-order valence-electron chi connectivity index (χ0n) is 16.9. The third-order valence-corrected chi connectivity index (χ3v) is 6.10. The summed E-state index contributed by atoms with van der Waals surface area (Å²) in [6.45, 7) is 6.76. The molecule has 1 amide bonds.